The number of nitrogens with two attached hydrogens (primary N) is 1. The number of rotatable bonds is 2. The highest BCUT2D eigenvalue weighted by Crippen LogP contribution is 2.36. The van der Waals surface area contributed by atoms with Crippen molar-refractivity contribution in [2.24, 2.45) is 7.05 Å². The van der Waals surface area contributed by atoms with E-state index in [9.17, 15) is 13.2 Å². The Balaban J connectivity index is 2.34. The molecule has 0 amide bonds. The van der Waals surface area contributed by atoms with Crippen molar-refractivity contribution in [1.82, 2.24) is 9.78 Å². The van der Waals surface area contributed by atoms with Crippen molar-refractivity contribution < 1.29 is 17.9 Å². The molecule has 0 saturated carbocycles. The zero-order chi connectivity index (χ0) is 14.2. The molecule has 0 aliphatic rings. The summed E-state index contributed by atoms with van der Waals surface area (Å²) in [6.45, 7) is 1.76. The average molecular weight is 271 g/mol. The van der Waals surface area contributed by atoms with E-state index >= 15 is 0 Å². The van der Waals surface area contributed by atoms with E-state index < -0.39 is 11.7 Å². The second kappa shape index (κ2) is 4.49. The van der Waals surface area contributed by atoms with E-state index in [0.717, 1.165) is 6.07 Å². The predicted molar refractivity (Wildman–Crippen MR) is 63.9 cm³/mol. The second-order valence-electron chi connectivity index (χ2n) is 4.10. The van der Waals surface area contributed by atoms with E-state index in [4.69, 9.17) is 10.5 Å². The summed E-state index contributed by atoms with van der Waals surface area (Å²) >= 11 is 0. The number of ether oxygens (including phenoxy) is 1. The lowest BCUT2D eigenvalue weighted by atomic mass is 10.1. The first-order valence-corrected chi connectivity index (χ1v) is 5.42. The summed E-state index contributed by atoms with van der Waals surface area (Å²) in [7, 11) is 1.64. The Morgan fingerprint density at radius 2 is 1.95 bits per heavy atom. The van der Waals surface area contributed by atoms with Crippen molar-refractivity contribution in [1.29, 1.82) is 0 Å². The lowest BCUT2D eigenvalue weighted by Gasteiger charge is -2.12. The Morgan fingerprint density at radius 1 is 1.26 bits per heavy atom. The largest absolute Gasteiger partial charge is 0.439 e. The highest BCUT2D eigenvalue weighted by molar-refractivity contribution is 5.52. The molecule has 2 N–H and O–H groups in total. The molecule has 0 radical (unpaired) electrons. The molecule has 0 atom stereocenters. The number of benzene rings is 1. The minimum atomic E-state index is -4.51. The lowest BCUT2D eigenvalue weighted by molar-refractivity contribution is -0.137. The highest BCUT2D eigenvalue weighted by Gasteiger charge is 2.33. The first-order valence-electron chi connectivity index (χ1n) is 5.42. The predicted octanol–water partition coefficient (Wildman–Crippen LogP) is 3.12. The molecule has 7 heteroatoms. The van der Waals surface area contributed by atoms with E-state index in [1.165, 1.54) is 16.8 Å². The topological polar surface area (TPSA) is 53.1 Å². The van der Waals surface area contributed by atoms with Gasteiger partial charge in [-0.1, -0.05) is 0 Å². The summed E-state index contributed by atoms with van der Waals surface area (Å²) in [6.07, 6.45) is -4.51. The van der Waals surface area contributed by atoms with Crippen LogP contribution in [0.4, 0.5) is 18.9 Å². The molecule has 0 aliphatic heterocycles. The van der Waals surface area contributed by atoms with Crippen LogP contribution in [0.2, 0.25) is 0 Å². The molecule has 102 valence electrons. The smallest absolute Gasteiger partial charge is 0.418 e. The second-order valence-corrected chi connectivity index (χ2v) is 4.10. The molecule has 1 aromatic heterocycles. The van der Waals surface area contributed by atoms with Gasteiger partial charge in [0.05, 0.1) is 11.3 Å². The maximum absolute atomic E-state index is 12.7. The van der Waals surface area contributed by atoms with Crippen molar-refractivity contribution >= 4 is 5.69 Å². The van der Waals surface area contributed by atoms with E-state index in [2.05, 4.69) is 5.10 Å². The Hall–Kier alpha value is -2.18. The zero-order valence-electron chi connectivity index (χ0n) is 10.3. The number of halogens is 3. The molecule has 1 aromatic carbocycles. The van der Waals surface area contributed by atoms with Crippen LogP contribution in [0, 0.1) is 6.92 Å². The molecule has 0 bridgehead atoms. The van der Waals surface area contributed by atoms with Gasteiger partial charge in [-0.3, -0.25) is 0 Å². The van der Waals surface area contributed by atoms with E-state index in [-0.39, 0.29) is 11.4 Å². The summed E-state index contributed by atoms with van der Waals surface area (Å²) in [5.74, 6) is 0.417. The van der Waals surface area contributed by atoms with Crippen LogP contribution in [-0.4, -0.2) is 9.78 Å². The molecule has 2 aromatic rings. The van der Waals surface area contributed by atoms with Gasteiger partial charge in [-0.05, 0) is 25.1 Å². The standard InChI is InChI=1S/C12H12F3N3O/c1-7-5-11(18(2)17-7)19-8-3-4-10(16)9(6-8)12(13,14)15/h3-6H,16H2,1-2H3. The quantitative estimate of drug-likeness (QED) is 0.854. The van der Waals surface area contributed by atoms with Crippen molar-refractivity contribution in [3.05, 3.63) is 35.5 Å². The third-order valence-corrected chi connectivity index (χ3v) is 2.51. The summed E-state index contributed by atoms with van der Waals surface area (Å²) < 4.78 is 44.9. The molecule has 4 nitrogen and oxygen atoms in total. The highest BCUT2D eigenvalue weighted by atomic mass is 19.4. The first-order chi connectivity index (χ1) is 8.77. The Bertz CT molecular complexity index is 605. The van der Waals surface area contributed by atoms with Crippen LogP contribution in [0.3, 0.4) is 0 Å². The Labute approximate surface area is 107 Å². The molecule has 0 spiro atoms. The van der Waals surface area contributed by atoms with Crippen LogP contribution in [0.25, 0.3) is 0 Å². The number of alkyl halides is 3. The van der Waals surface area contributed by atoms with Gasteiger partial charge in [-0.2, -0.15) is 18.3 Å². The molecule has 1 heterocycles. The van der Waals surface area contributed by atoms with Gasteiger partial charge in [0.15, 0.2) is 0 Å². The van der Waals surface area contributed by atoms with Gasteiger partial charge < -0.3 is 10.5 Å². The number of aromatic nitrogens is 2. The van der Waals surface area contributed by atoms with Gasteiger partial charge in [-0.25, -0.2) is 4.68 Å². The third-order valence-electron chi connectivity index (χ3n) is 2.51. The monoisotopic (exact) mass is 271 g/mol. The number of anilines is 1. The van der Waals surface area contributed by atoms with Gasteiger partial charge in [-0.15, -0.1) is 0 Å². The third kappa shape index (κ3) is 2.81. The summed E-state index contributed by atoms with van der Waals surface area (Å²) in [5, 5.41) is 4.04. The molecule has 0 saturated heterocycles. The lowest BCUT2D eigenvalue weighted by Crippen LogP contribution is -2.09. The van der Waals surface area contributed by atoms with Crippen LogP contribution in [0.15, 0.2) is 24.3 Å². The van der Waals surface area contributed by atoms with Gasteiger partial charge >= 0.3 is 6.18 Å². The summed E-state index contributed by atoms with van der Waals surface area (Å²) in [5.41, 5.74) is 4.78. The van der Waals surface area contributed by atoms with Gasteiger partial charge in [0, 0.05) is 18.8 Å². The summed E-state index contributed by atoms with van der Waals surface area (Å²) in [6, 6.07) is 5.05. The fourth-order valence-corrected chi connectivity index (χ4v) is 1.65. The molecule has 2 rings (SSSR count). The fraction of sp³-hybridized carbons (Fsp3) is 0.250. The maximum Gasteiger partial charge on any atom is 0.418 e. The van der Waals surface area contributed by atoms with E-state index in [1.807, 2.05) is 0 Å². The van der Waals surface area contributed by atoms with Crippen LogP contribution in [0.5, 0.6) is 11.6 Å². The van der Waals surface area contributed by atoms with Crippen LogP contribution >= 0.6 is 0 Å². The number of hydrogen-bond acceptors (Lipinski definition) is 3. The fourth-order valence-electron chi connectivity index (χ4n) is 1.65. The maximum atomic E-state index is 12.7. The van der Waals surface area contributed by atoms with Crippen LogP contribution in [0.1, 0.15) is 11.3 Å². The number of nitrogens with zero attached hydrogens (tertiary/aromatic N) is 2. The van der Waals surface area contributed by atoms with Crippen LogP contribution < -0.4 is 10.5 Å². The molecule has 0 unspecified atom stereocenters. The SMILES string of the molecule is Cc1cc(Oc2ccc(N)c(C(F)(F)F)c2)n(C)n1. The molecular formula is C12H12F3N3O. The van der Waals surface area contributed by atoms with Crippen molar-refractivity contribution in [3.8, 4) is 11.6 Å². The number of aryl methyl sites for hydroxylation is 2. The van der Waals surface area contributed by atoms with E-state index in [0.29, 0.717) is 11.6 Å². The normalized spacial score (nSPS) is 11.6. The Kier molecular flexibility index (Phi) is 3.13. The van der Waals surface area contributed by atoms with Crippen molar-refractivity contribution in [2.45, 2.75) is 13.1 Å². The van der Waals surface area contributed by atoms with E-state index in [1.54, 1.807) is 20.0 Å². The molecule has 19 heavy (non-hydrogen) atoms. The summed E-state index contributed by atoms with van der Waals surface area (Å²) in [4.78, 5) is 0. The molecule has 0 aliphatic carbocycles. The Morgan fingerprint density at radius 3 is 2.47 bits per heavy atom. The van der Waals surface area contributed by atoms with Crippen LogP contribution in [-0.2, 0) is 13.2 Å². The molecular weight excluding hydrogens is 259 g/mol. The van der Waals surface area contributed by atoms with Gasteiger partial charge in [0.2, 0.25) is 5.88 Å². The van der Waals surface area contributed by atoms with Gasteiger partial charge in [0.1, 0.15) is 5.75 Å². The minimum Gasteiger partial charge on any atom is -0.439 e. The van der Waals surface area contributed by atoms with Crippen molar-refractivity contribution in [3.63, 3.8) is 0 Å². The minimum absolute atomic E-state index is 0.0597. The zero-order valence-corrected chi connectivity index (χ0v) is 10.3. The molecule has 0 fully saturated rings. The average Bonchev–Trinajstić information content (AvgIpc) is 2.58. The van der Waals surface area contributed by atoms with Gasteiger partial charge in [0.25, 0.3) is 0 Å². The first kappa shape index (κ1) is 13.3. The number of nitrogen functional groups attached to an aromatic ring is 1. The van der Waals surface area contributed by atoms with Crippen molar-refractivity contribution in [2.75, 3.05) is 5.73 Å². The number of hydrogen-bond donors (Lipinski definition) is 1.